The van der Waals surface area contributed by atoms with Gasteiger partial charge in [-0.1, -0.05) is 54.3 Å². The molecule has 1 unspecified atom stereocenters. The van der Waals surface area contributed by atoms with Crippen molar-refractivity contribution in [2.24, 2.45) is 0 Å². The zero-order valence-corrected chi connectivity index (χ0v) is 22.8. The van der Waals surface area contributed by atoms with Gasteiger partial charge in [0.05, 0.1) is 25.4 Å². The lowest BCUT2D eigenvalue weighted by Gasteiger charge is -2.26. The summed E-state index contributed by atoms with van der Waals surface area (Å²) in [6, 6.07) is 15.4. The van der Waals surface area contributed by atoms with Crippen molar-refractivity contribution in [1.29, 1.82) is 0 Å². The van der Waals surface area contributed by atoms with E-state index in [1.165, 1.54) is 0 Å². The Labute approximate surface area is 236 Å². The van der Waals surface area contributed by atoms with Crippen molar-refractivity contribution >= 4 is 23.6 Å². The Morgan fingerprint density at radius 3 is 2.45 bits per heavy atom. The van der Waals surface area contributed by atoms with E-state index in [2.05, 4.69) is 34.6 Å². The summed E-state index contributed by atoms with van der Waals surface area (Å²) in [5.74, 6) is 6.04. The van der Waals surface area contributed by atoms with Crippen molar-refractivity contribution in [1.82, 2.24) is 10.6 Å². The maximum absolute atomic E-state index is 13.2. The zero-order valence-electron chi connectivity index (χ0n) is 22.8. The number of allylic oxidation sites excluding steroid dienone is 2. The molecular formula is C32H37N3O5. The molecule has 210 valence electrons. The summed E-state index contributed by atoms with van der Waals surface area (Å²) in [6.07, 6.45) is 8.72. The Hall–Kier alpha value is -4.09. The molecule has 3 amide bonds. The van der Waals surface area contributed by atoms with E-state index in [4.69, 9.17) is 9.47 Å². The van der Waals surface area contributed by atoms with Crippen molar-refractivity contribution in [3.05, 3.63) is 77.4 Å². The van der Waals surface area contributed by atoms with Crippen LogP contribution in [0.25, 0.3) is 0 Å². The lowest BCUT2D eigenvalue weighted by Crippen LogP contribution is -2.34. The van der Waals surface area contributed by atoms with Crippen molar-refractivity contribution < 1.29 is 23.9 Å². The Morgan fingerprint density at radius 2 is 1.57 bits per heavy atom. The molecule has 0 saturated heterocycles. The minimum atomic E-state index is -0.422. The first-order valence-corrected chi connectivity index (χ1v) is 14.0. The van der Waals surface area contributed by atoms with E-state index in [1.807, 2.05) is 48.5 Å². The number of carbonyl (C=O) groups is 3. The zero-order chi connectivity index (χ0) is 28.0. The molecule has 8 nitrogen and oxygen atoms in total. The van der Waals surface area contributed by atoms with Crippen LogP contribution in [0.15, 0.2) is 60.7 Å². The number of alkyl carbamates (subject to hydrolysis) is 1. The van der Waals surface area contributed by atoms with Crippen LogP contribution in [0.3, 0.4) is 0 Å². The molecule has 2 N–H and O–H groups in total. The summed E-state index contributed by atoms with van der Waals surface area (Å²) in [4.78, 5) is 39.3. The van der Waals surface area contributed by atoms with Crippen molar-refractivity contribution in [3.63, 3.8) is 0 Å². The number of para-hydroxylation sites is 1. The van der Waals surface area contributed by atoms with Gasteiger partial charge in [-0.2, -0.15) is 0 Å². The monoisotopic (exact) mass is 543 g/mol. The first kappa shape index (κ1) is 28.9. The number of benzene rings is 2. The number of amides is 3. The van der Waals surface area contributed by atoms with Crippen molar-refractivity contribution in [2.75, 3.05) is 31.2 Å². The van der Waals surface area contributed by atoms with Crippen LogP contribution in [-0.2, 0) is 25.6 Å². The van der Waals surface area contributed by atoms with Crippen LogP contribution in [0.4, 0.5) is 10.5 Å². The highest BCUT2D eigenvalue weighted by Crippen LogP contribution is 2.26. The van der Waals surface area contributed by atoms with Crippen LogP contribution in [-0.4, -0.2) is 50.3 Å². The molecular weight excluding hydrogens is 506 g/mol. The van der Waals surface area contributed by atoms with Gasteiger partial charge in [0.1, 0.15) is 6.10 Å². The van der Waals surface area contributed by atoms with Gasteiger partial charge in [-0.05, 0) is 55.9 Å². The van der Waals surface area contributed by atoms with Crippen LogP contribution in [0, 0.1) is 11.8 Å². The highest BCUT2D eigenvalue weighted by molar-refractivity contribution is 5.96. The summed E-state index contributed by atoms with van der Waals surface area (Å²) in [5, 5.41) is 5.50. The fourth-order valence-corrected chi connectivity index (χ4v) is 4.68. The number of nitrogens with zero attached hydrogens (tertiary/aromatic N) is 1. The second kappa shape index (κ2) is 15.5. The van der Waals surface area contributed by atoms with Gasteiger partial charge >= 0.3 is 6.09 Å². The molecule has 1 heterocycles. The maximum Gasteiger partial charge on any atom is 0.407 e. The predicted molar refractivity (Wildman–Crippen MR) is 154 cm³/mol. The number of carbonyl (C=O) groups excluding carboxylic acids is 3. The third kappa shape index (κ3) is 8.99. The average molecular weight is 544 g/mol. The first-order valence-electron chi connectivity index (χ1n) is 14.0. The van der Waals surface area contributed by atoms with Gasteiger partial charge in [0.2, 0.25) is 11.8 Å². The van der Waals surface area contributed by atoms with E-state index in [0.29, 0.717) is 32.8 Å². The Bertz CT molecular complexity index is 1260. The third-order valence-electron chi connectivity index (χ3n) is 6.82. The lowest BCUT2D eigenvalue weighted by atomic mass is 10.0. The molecule has 40 heavy (non-hydrogen) atoms. The molecule has 0 saturated carbocycles. The fraction of sp³-hybridized carbons (Fsp3) is 0.406. The average Bonchev–Trinajstić information content (AvgIpc) is 2.94. The molecule has 2 aromatic rings. The van der Waals surface area contributed by atoms with E-state index in [9.17, 15) is 14.4 Å². The molecule has 1 aliphatic carbocycles. The van der Waals surface area contributed by atoms with Crippen molar-refractivity contribution in [2.45, 2.75) is 57.6 Å². The number of hydrogen-bond donors (Lipinski definition) is 2. The summed E-state index contributed by atoms with van der Waals surface area (Å²) >= 11 is 0. The molecule has 0 spiro atoms. The van der Waals surface area contributed by atoms with Crippen molar-refractivity contribution in [3.8, 4) is 11.8 Å². The third-order valence-corrected chi connectivity index (χ3v) is 6.82. The van der Waals surface area contributed by atoms with E-state index in [-0.39, 0.29) is 30.8 Å². The number of rotatable bonds is 10. The molecule has 2 aliphatic rings. The van der Waals surface area contributed by atoms with Crippen LogP contribution >= 0.6 is 0 Å². The number of nitrogens with one attached hydrogen (secondary N) is 2. The quantitative estimate of drug-likeness (QED) is 0.262. The molecule has 1 atom stereocenters. The second-order valence-electron chi connectivity index (χ2n) is 9.80. The largest absolute Gasteiger partial charge is 0.446 e. The van der Waals surface area contributed by atoms with Gasteiger partial charge in [-0.15, -0.1) is 0 Å². The van der Waals surface area contributed by atoms with Gasteiger partial charge in [0.15, 0.2) is 0 Å². The van der Waals surface area contributed by atoms with E-state index >= 15 is 0 Å². The minimum Gasteiger partial charge on any atom is -0.446 e. The maximum atomic E-state index is 13.2. The van der Waals surface area contributed by atoms with Crippen LogP contribution in [0.2, 0.25) is 0 Å². The summed E-state index contributed by atoms with van der Waals surface area (Å²) in [6.45, 7) is 1.67. The molecule has 1 aliphatic heterocycles. The summed E-state index contributed by atoms with van der Waals surface area (Å²) in [7, 11) is 0. The standard InChI is InChI=1S/C32H37N3O5/c36-30(33-20-22-39-23-21-34-32(38)40-28-13-4-2-1-3-5-14-28)18-19-31(37)35-24-27-12-7-6-10-25(27)16-17-26-11-8-9-15-29(26)35/h1-2,6-12,15,28H,3-5,13-14,18-24H2,(H,33,36)(H,34,38)/b2-1+. The molecule has 0 bridgehead atoms. The fourth-order valence-electron chi connectivity index (χ4n) is 4.68. The minimum absolute atomic E-state index is 0.0453. The highest BCUT2D eigenvalue weighted by atomic mass is 16.6. The first-order chi connectivity index (χ1) is 19.6. The molecule has 0 radical (unpaired) electrons. The van der Waals surface area contributed by atoms with Gasteiger partial charge in [0, 0.05) is 37.1 Å². The molecule has 2 aromatic carbocycles. The van der Waals surface area contributed by atoms with Gasteiger partial charge < -0.3 is 25.0 Å². The number of hydrogen-bond acceptors (Lipinski definition) is 5. The van der Waals surface area contributed by atoms with Crippen LogP contribution in [0.1, 0.15) is 61.6 Å². The Morgan fingerprint density at radius 1 is 0.850 bits per heavy atom. The number of fused-ring (bicyclic) bond motifs is 2. The van der Waals surface area contributed by atoms with Gasteiger partial charge in [0.25, 0.3) is 0 Å². The van der Waals surface area contributed by atoms with E-state index < -0.39 is 6.09 Å². The Kier molecular flexibility index (Phi) is 11.2. The normalized spacial score (nSPS) is 16.8. The molecule has 8 heteroatoms. The topological polar surface area (TPSA) is 97.0 Å². The molecule has 0 fully saturated rings. The lowest BCUT2D eigenvalue weighted by molar-refractivity contribution is -0.125. The summed E-state index contributed by atoms with van der Waals surface area (Å²) < 4.78 is 11.0. The number of ether oxygens (including phenoxy) is 2. The number of anilines is 1. The molecule has 4 rings (SSSR count). The van der Waals surface area contributed by atoms with E-state index in [1.54, 1.807) is 4.90 Å². The van der Waals surface area contributed by atoms with Crippen LogP contribution < -0.4 is 15.5 Å². The Balaban J connectivity index is 1.13. The SMILES string of the molecule is O=C(CCC(=O)N1Cc2ccccc2C#Cc2ccccc21)NCCOCCNC(=O)OC1CC/C=C/CCC1. The highest BCUT2D eigenvalue weighted by Gasteiger charge is 2.21. The van der Waals surface area contributed by atoms with Gasteiger partial charge in [-0.25, -0.2) is 4.79 Å². The van der Waals surface area contributed by atoms with Crippen LogP contribution in [0.5, 0.6) is 0 Å². The second-order valence-corrected chi connectivity index (χ2v) is 9.80. The van der Waals surface area contributed by atoms with Gasteiger partial charge in [-0.3, -0.25) is 9.59 Å². The molecule has 0 aromatic heterocycles. The van der Waals surface area contributed by atoms with E-state index in [0.717, 1.165) is 54.5 Å². The predicted octanol–water partition coefficient (Wildman–Crippen LogP) is 4.46. The smallest absolute Gasteiger partial charge is 0.407 e. The summed E-state index contributed by atoms with van der Waals surface area (Å²) in [5.41, 5.74) is 3.40.